The monoisotopic (exact) mass is 733 g/mol. The number of alkyl halides is 3. The minimum absolute atomic E-state index is 0.0177. The van der Waals surface area contributed by atoms with E-state index < -0.39 is 56.7 Å². The number of amides is 2. The van der Waals surface area contributed by atoms with E-state index in [9.17, 15) is 40.4 Å². The molecule has 0 aliphatic rings. The van der Waals surface area contributed by atoms with Gasteiger partial charge in [0.05, 0.1) is 37.0 Å². The van der Waals surface area contributed by atoms with Gasteiger partial charge >= 0.3 is 6.18 Å². The Hall–Kier alpha value is -5.62. The van der Waals surface area contributed by atoms with Crippen LogP contribution in [-0.2, 0) is 27.4 Å². The number of benzene rings is 2. The van der Waals surface area contributed by atoms with E-state index in [1.54, 1.807) is 16.9 Å². The van der Waals surface area contributed by atoms with E-state index in [0.717, 1.165) is 33.7 Å². The molecule has 13 nitrogen and oxygen atoms in total. The van der Waals surface area contributed by atoms with Crippen molar-refractivity contribution in [3.05, 3.63) is 117 Å². The number of hydrogen-bond donors (Lipinski definition) is 2. The number of rotatable bonds is 10. The lowest BCUT2D eigenvalue weighted by molar-refractivity contribution is -0.141. The molecule has 260 valence electrons. The van der Waals surface area contributed by atoms with Gasteiger partial charge in [0.2, 0.25) is 15.9 Å². The fourth-order valence-electron chi connectivity index (χ4n) is 4.87. The number of sulfonamides is 1. The predicted molar refractivity (Wildman–Crippen MR) is 172 cm³/mol. The molecule has 2 amide bonds. The van der Waals surface area contributed by atoms with Gasteiger partial charge in [0.25, 0.3) is 11.5 Å². The molecule has 3 aromatic heterocycles. The van der Waals surface area contributed by atoms with Crippen LogP contribution in [0.3, 0.4) is 0 Å². The highest BCUT2D eigenvalue weighted by atomic mass is 35.5. The van der Waals surface area contributed by atoms with Gasteiger partial charge in [0.1, 0.15) is 17.6 Å². The Labute approximate surface area is 285 Å². The van der Waals surface area contributed by atoms with Gasteiger partial charge in [0, 0.05) is 46.7 Å². The highest BCUT2D eigenvalue weighted by Crippen LogP contribution is 2.36. The second kappa shape index (κ2) is 14.1. The van der Waals surface area contributed by atoms with E-state index in [4.69, 9.17) is 16.3 Å². The van der Waals surface area contributed by atoms with Crippen LogP contribution in [-0.4, -0.2) is 58.1 Å². The van der Waals surface area contributed by atoms with Crippen LogP contribution in [0.15, 0.2) is 84.2 Å². The third-order valence-electron chi connectivity index (χ3n) is 7.12. The number of methoxy groups -OCH3 is 1. The van der Waals surface area contributed by atoms with E-state index in [1.165, 1.54) is 50.0 Å². The maximum Gasteiger partial charge on any atom is 0.436 e. The molecule has 50 heavy (non-hydrogen) atoms. The summed E-state index contributed by atoms with van der Waals surface area (Å²) in [6.45, 7) is 0. The second-order valence-corrected chi connectivity index (χ2v) is 12.9. The lowest BCUT2D eigenvalue weighted by Crippen LogP contribution is -2.34. The zero-order valence-electron chi connectivity index (χ0n) is 25.8. The van der Waals surface area contributed by atoms with Crippen LogP contribution in [0.25, 0.3) is 16.8 Å². The number of ether oxygens (including phenoxy) is 1. The molecule has 19 heteroatoms. The Bertz CT molecular complexity index is 2260. The first-order valence-corrected chi connectivity index (χ1v) is 16.4. The maximum absolute atomic E-state index is 14.8. The van der Waals surface area contributed by atoms with Gasteiger partial charge in [-0.25, -0.2) is 22.2 Å². The van der Waals surface area contributed by atoms with Crippen LogP contribution in [0.2, 0.25) is 5.02 Å². The normalized spacial score (nSPS) is 12.3. The fourth-order valence-corrected chi connectivity index (χ4v) is 5.48. The molecule has 0 spiro atoms. The van der Waals surface area contributed by atoms with E-state index >= 15 is 0 Å². The van der Waals surface area contributed by atoms with Crippen molar-refractivity contribution >= 4 is 39.1 Å². The number of pyridine rings is 2. The molecular formula is C31H24ClF4N7O6S. The van der Waals surface area contributed by atoms with Crippen LogP contribution < -0.4 is 20.3 Å². The number of aromatic nitrogens is 5. The Kier molecular flexibility index (Phi) is 10.0. The fraction of sp³-hybridized carbons (Fsp3) is 0.161. The largest absolute Gasteiger partial charge is 0.495 e. The Balaban J connectivity index is 1.55. The summed E-state index contributed by atoms with van der Waals surface area (Å²) in [4.78, 5) is 43.7. The average molecular weight is 734 g/mol. The molecule has 0 saturated carbocycles. The number of carbonyl (C=O) groups is 2. The Morgan fingerprint density at radius 2 is 1.74 bits per heavy atom. The van der Waals surface area contributed by atoms with Crippen molar-refractivity contribution in [2.75, 3.05) is 18.7 Å². The highest BCUT2D eigenvalue weighted by molar-refractivity contribution is 7.89. The van der Waals surface area contributed by atoms with Gasteiger partial charge in [-0.1, -0.05) is 16.8 Å². The molecule has 0 saturated heterocycles. The van der Waals surface area contributed by atoms with Gasteiger partial charge in [0.15, 0.2) is 5.69 Å². The first kappa shape index (κ1) is 35.7. The summed E-state index contributed by atoms with van der Waals surface area (Å²) in [7, 11) is -2.71. The number of anilines is 1. The van der Waals surface area contributed by atoms with Crippen molar-refractivity contribution in [3.8, 4) is 22.6 Å². The summed E-state index contributed by atoms with van der Waals surface area (Å²) in [6.07, 6.45) is 0.729. The SMILES string of the molecule is COc1cn([C@@H](Cc2ccncc2)C(=O)Nc2ccc(C(=O)NS(C)(=O)=O)c(F)c2)c(=O)cc1-c1cc(Cl)ccc1-n1cc(C(F)(F)F)nn1. The molecular weight excluding hydrogens is 710 g/mol. The Morgan fingerprint density at radius 1 is 1.02 bits per heavy atom. The smallest absolute Gasteiger partial charge is 0.436 e. The van der Waals surface area contributed by atoms with Crippen molar-refractivity contribution in [2.45, 2.75) is 18.6 Å². The molecule has 5 rings (SSSR count). The molecule has 2 aromatic carbocycles. The lowest BCUT2D eigenvalue weighted by atomic mass is 10.0. The van der Waals surface area contributed by atoms with Crippen LogP contribution >= 0.6 is 11.6 Å². The quantitative estimate of drug-likeness (QED) is 0.198. The Morgan fingerprint density at radius 3 is 2.36 bits per heavy atom. The molecule has 0 fully saturated rings. The maximum atomic E-state index is 14.8. The summed E-state index contributed by atoms with van der Waals surface area (Å²) < 4.78 is 86.7. The first-order chi connectivity index (χ1) is 23.5. The number of carbonyl (C=O) groups excluding carboxylic acids is 2. The summed E-state index contributed by atoms with van der Waals surface area (Å²) in [5.41, 5.74) is -1.79. The third kappa shape index (κ3) is 8.15. The molecule has 0 unspecified atom stereocenters. The molecule has 0 aliphatic carbocycles. The lowest BCUT2D eigenvalue weighted by Gasteiger charge is -2.22. The van der Waals surface area contributed by atoms with Crippen LogP contribution in [0.1, 0.15) is 27.7 Å². The van der Waals surface area contributed by atoms with E-state index in [0.29, 0.717) is 11.8 Å². The minimum Gasteiger partial charge on any atom is -0.495 e. The van der Waals surface area contributed by atoms with Gasteiger partial charge in [-0.05, 0) is 54.1 Å². The molecule has 2 N–H and O–H groups in total. The van der Waals surface area contributed by atoms with Crippen molar-refractivity contribution in [3.63, 3.8) is 0 Å². The number of hydrogen-bond acceptors (Lipinski definition) is 9. The van der Waals surface area contributed by atoms with Crippen molar-refractivity contribution < 1.29 is 40.3 Å². The number of nitrogens with zero attached hydrogens (tertiary/aromatic N) is 5. The third-order valence-corrected chi connectivity index (χ3v) is 7.91. The minimum atomic E-state index is -4.77. The summed E-state index contributed by atoms with van der Waals surface area (Å²) in [5, 5.41) is 9.45. The van der Waals surface area contributed by atoms with E-state index in [1.807, 2.05) is 0 Å². The zero-order chi connectivity index (χ0) is 36.4. The molecule has 1 atom stereocenters. The van der Waals surface area contributed by atoms with Gasteiger partial charge in [-0.2, -0.15) is 13.2 Å². The second-order valence-electron chi connectivity index (χ2n) is 10.7. The van der Waals surface area contributed by atoms with Gasteiger partial charge in [-0.15, -0.1) is 5.10 Å². The van der Waals surface area contributed by atoms with Crippen molar-refractivity contribution in [1.82, 2.24) is 29.3 Å². The standard InChI is InChI=1S/C31H24ClF4N7O6S/c1-49-26-15-42(28(44)14-22(26)21-12-18(32)3-6-24(21)43-16-27(39-41-43)31(34,35)36)25(11-17-7-9-37-10-8-17)30(46)38-19-4-5-20(23(33)13-19)29(45)40-50(2,47)48/h3-10,12-16,25H,11H2,1-2H3,(H,38,46)(H,40,45)/t25-/m0/s1. The van der Waals surface area contributed by atoms with Crippen molar-refractivity contribution in [1.29, 1.82) is 0 Å². The van der Waals surface area contributed by atoms with Crippen LogP contribution in [0.4, 0.5) is 23.2 Å². The highest BCUT2D eigenvalue weighted by Gasteiger charge is 2.35. The topological polar surface area (TPSA) is 167 Å². The van der Waals surface area contributed by atoms with Gasteiger partial charge in [-0.3, -0.25) is 23.9 Å². The molecule has 0 radical (unpaired) electrons. The zero-order valence-corrected chi connectivity index (χ0v) is 27.3. The van der Waals surface area contributed by atoms with Gasteiger partial charge < -0.3 is 10.1 Å². The molecule has 0 bridgehead atoms. The molecule has 3 heterocycles. The van der Waals surface area contributed by atoms with Crippen molar-refractivity contribution in [2.24, 2.45) is 0 Å². The van der Waals surface area contributed by atoms with E-state index in [-0.39, 0.29) is 39.7 Å². The predicted octanol–water partition coefficient (Wildman–Crippen LogP) is 4.42. The van der Waals surface area contributed by atoms with Crippen LogP contribution in [0.5, 0.6) is 5.75 Å². The molecule has 0 aliphatic heterocycles. The molecule has 5 aromatic rings. The summed E-state index contributed by atoms with van der Waals surface area (Å²) in [5.74, 6) is -3.13. The first-order valence-electron chi connectivity index (χ1n) is 14.2. The average Bonchev–Trinajstić information content (AvgIpc) is 3.54. The number of halogens is 5. The number of nitrogens with one attached hydrogen (secondary N) is 2. The van der Waals surface area contributed by atoms with E-state index in [2.05, 4.69) is 20.6 Å². The summed E-state index contributed by atoms with van der Waals surface area (Å²) in [6, 6.07) is 10.2. The van der Waals surface area contributed by atoms with Crippen LogP contribution in [0, 0.1) is 5.82 Å². The summed E-state index contributed by atoms with van der Waals surface area (Å²) >= 11 is 6.24.